The molecule has 1 saturated heterocycles. The van der Waals surface area contributed by atoms with Crippen molar-refractivity contribution in [2.24, 2.45) is 0 Å². The molecule has 0 unspecified atom stereocenters. The van der Waals surface area contributed by atoms with Crippen LogP contribution in [0.3, 0.4) is 0 Å². The maximum absolute atomic E-state index is 12.9. The highest BCUT2D eigenvalue weighted by Crippen LogP contribution is 2.32. The van der Waals surface area contributed by atoms with Crippen molar-refractivity contribution in [3.63, 3.8) is 0 Å². The maximum atomic E-state index is 12.9. The molecule has 1 fully saturated rings. The number of nitrogens with one attached hydrogen (secondary N) is 1. The highest BCUT2D eigenvalue weighted by molar-refractivity contribution is 5.91. The summed E-state index contributed by atoms with van der Waals surface area (Å²) in [6, 6.07) is 12.2. The van der Waals surface area contributed by atoms with Crippen LogP contribution < -0.4 is 14.4 Å². The molecule has 2 aliphatic rings. The Bertz CT molecular complexity index is 843. The fourth-order valence-electron chi connectivity index (χ4n) is 3.41. The zero-order chi connectivity index (χ0) is 18.6. The number of hydrogen-bond acceptors (Lipinski definition) is 3. The van der Waals surface area contributed by atoms with E-state index >= 15 is 0 Å². The number of piperazine rings is 1. The van der Waals surface area contributed by atoms with Crippen molar-refractivity contribution in [3.05, 3.63) is 65.5 Å². The second-order valence-electron chi connectivity index (χ2n) is 6.82. The molecule has 0 radical (unpaired) electrons. The van der Waals surface area contributed by atoms with Gasteiger partial charge in [0, 0.05) is 11.6 Å². The number of amides is 1. The number of nitrogens with zero attached hydrogens (tertiary/aromatic N) is 1. The van der Waals surface area contributed by atoms with Gasteiger partial charge in [-0.15, -0.1) is 0 Å². The summed E-state index contributed by atoms with van der Waals surface area (Å²) in [5, 5.41) is 0. The maximum Gasteiger partial charge on any atom is 0.246 e. The van der Waals surface area contributed by atoms with Gasteiger partial charge >= 0.3 is 0 Å². The quantitative estimate of drug-likeness (QED) is 0.831. The predicted octanol–water partition coefficient (Wildman–Crippen LogP) is 1.49. The third-order valence-electron chi connectivity index (χ3n) is 4.96. The smallest absolute Gasteiger partial charge is 0.246 e. The van der Waals surface area contributed by atoms with Gasteiger partial charge < -0.3 is 19.3 Å². The number of halogens is 1. The Morgan fingerprint density at radius 1 is 1.07 bits per heavy atom. The normalized spacial score (nSPS) is 16.9. The minimum absolute atomic E-state index is 0.00135. The lowest BCUT2D eigenvalue weighted by atomic mass is 10.1. The van der Waals surface area contributed by atoms with Gasteiger partial charge in [-0.3, -0.25) is 4.79 Å². The molecule has 0 aromatic heterocycles. The first kappa shape index (κ1) is 17.5. The molecule has 2 heterocycles. The van der Waals surface area contributed by atoms with E-state index in [1.165, 1.54) is 22.6 Å². The molecule has 0 bridgehead atoms. The van der Waals surface area contributed by atoms with Crippen molar-refractivity contribution < 1.29 is 23.6 Å². The number of benzene rings is 2. The number of hydrogen-bond donors (Lipinski definition) is 1. The number of carbonyl (C=O) groups excluding carboxylic acids is 1. The Morgan fingerprint density at radius 2 is 1.81 bits per heavy atom. The molecular weight excluding hydrogens is 347 g/mol. The van der Waals surface area contributed by atoms with Crippen molar-refractivity contribution in [1.29, 1.82) is 0 Å². The summed E-state index contributed by atoms with van der Waals surface area (Å²) in [4.78, 5) is 15.7. The minimum Gasteiger partial charge on any atom is -0.454 e. The number of rotatable bonds is 4. The van der Waals surface area contributed by atoms with Crippen LogP contribution in [0.25, 0.3) is 6.08 Å². The van der Waals surface area contributed by atoms with Gasteiger partial charge in [0.25, 0.3) is 0 Å². The SMILES string of the molecule is O=C(/C=C/c1ccc(F)cc1)N1CC[NH+](Cc2ccc3c(c2)OCO3)CC1. The van der Waals surface area contributed by atoms with Gasteiger partial charge in [0.1, 0.15) is 12.4 Å². The highest BCUT2D eigenvalue weighted by Gasteiger charge is 2.23. The van der Waals surface area contributed by atoms with E-state index in [4.69, 9.17) is 9.47 Å². The summed E-state index contributed by atoms with van der Waals surface area (Å²) >= 11 is 0. The van der Waals surface area contributed by atoms with Crippen LogP contribution >= 0.6 is 0 Å². The summed E-state index contributed by atoms with van der Waals surface area (Å²) in [7, 11) is 0. The zero-order valence-corrected chi connectivity index (χ0v) is 15.0. The molecule has 0 spiro atoms. The number of fused-ring (bicyclic) bond motifs is 1. The van der Waals surface area contributed by atoms with Gasteiger partial charge in [0.2, 0.25) is 12.7 Å². The molecule has 2 aromatic carbocycles. The van der Waals surface area contributed by atoms with Crippen LogP contribution in [0.5, 0.6) is 11.5 Å². The van der Waals surface area contributed by atoms with Crippen molar-refractivity contribution in [2.75, 3.05) is 33.0 Å². The van der Waals surface area contributed by atoms with E-state index in [0.717, 1.165) is 49.8 Å². The second-order valence-corrected chi connectivity index (χ2v) is 6.82. The van der Waals surface area contributed by atoms with E-state index in [1.807, 2.05) is 17.0 Å². The molecule has 0 atom stereocenters. The number of ether oxygens (including phenoxy) is 2. The Balaban J connectivity index is 1.28. The molecule has 5 nitrogen and oxygen atoms in total. The first-order valence-electron chi connectivity index (χ1n) is 9.12. The standard InChI is InChI=1S/C21H21FN2O3/c22-18-5-1-16(2-6-18)4-8-21(25)24-11-9-23(10-12-24)14-17-3-7-19-20(13-17)27-15-26-19/h1-8,13H,9-12,14-15H2/p+1/b8-4+. The summed E-state index contributed by atoms with van der Waals surface area (Å²) in [5.74, 6) is 1.34. The van der Waals surface area contributed by atoms with Gasteiger partial charge in [0.05, 0.1) is 26.2 Å². The highest BCUT2D eigenvalue weighted by atomic mass is 19.1. The molecule has 1 amide bonds. The van der Waals surface area contributed by atoms with Gasteiger partial charge in [-0.05, 0) is 42.0 Å². The molecule has 6 heteroatoms. The Labute approximate surface area is 157 Å². The molecular formula is C21H22FN2O3+. The van der Waals surface area contributed by atoms with E-state index in [0.29, 0.717) is 0 Å². The third-order valence-corrected chi connectivity index (χ3v) is 4.96. The van der Waals surface area contributed by atoms with Crippen molar-refractivity contribution in [3.8, 4) is 11.5 Å². The van der Waals surface area contributed by atoms with E-state index in [9.17, 15) is 9.18 Å². The van der Waals surface area contributed by atoms with Crippen LogP contribution in [-0.2, 0) is 11.3 Å². The molecule has 27 heavy (non-hydrogen) atoms. The van der Waals surface area contributed by atoms with E-state index in [1.54, 1.807) is 24.3 Å². The molecule has 0 saturated carbocycles. The lowest BCUT2D eigenvalue weighted by Gasteiger charge is -2.31. The Kier molecular flexibility index (Phi) is 5.07. The van der Waals surface area contributed by atoms with Gasteiger partial charge in [0.15, 0.2) is 11.5 Å². The van der Waals surface area contributed by atoms with E-state index in [-0.39, 0.29) is 18.5 Å². The largest absolute Gasteiger partial charge is 0.454 e. The lowest BCUT2D eigenvalue weighted by molar-refractivity contribution is -0.917. The summed E-state index contributed by atoms with van der Waals surface area (Å²) < 4.78 is 23.7. The van der Waals surface area contributed by atoms with E-state index < -0.39 is 0 Å². The van der Waals surface area contributed by atoms with Crippen LogP contribution in [0.2, 0.25) is 0 Å². The molecule has 2 aromatic rings. The Morgan fingerprint density at radius 3 is 2.59 bits per heavy atom. The van der Waals surface area contributed by atoms with Crippen molar-refractivity contribution in [1.82, 2.24) is 4.90 Å². The fourth-order valence-corrected chi connectivity index (χ4v) is 3.41. The lowest BCUT2D eigenvalue weighted by Crippen LogP contribution is -3.13. The predicted molar refractivity (Wildman–Crippen MR) is 99.0 cm³/mol. The molecule has 2 aliphatic heterocycles. The van der Waals surface area contributed by atoms with Gasteiger partial charge in [-0.2, -0.15) is 0 Å². The number of carbonyl (C=O) groups is 1. The van der Waals surface area contributed by atoms with Crippen LogP contribution in [0.15, 0.2) is 48.5 Å². The van der Waals surface area contributed by atoms with Crippen LogP contribution in [0.1, 0.15) is 11.1 Å². The Hall–Kier alpha value is -2.86. The third kappa shape index (κ3) is 4.28. The minimum atomic E-state index is -0.278. The number of quaternary nitrogens is 1. The molecule has 4 rings (SSSR count). The monoisotopic (exact) mass is 369 g/mol. The fraction of sp³-hybridized carbons (Fsp3) is 0.286. The summed E-state index contributed by atoms with van der Waals surface area (Å²) in [5.41, 5.74) is 2.03. The first-order valence-corrected chi connectivity index (χ1v) is 9.12. The summed E-state index contributed by atoms with van der Waals surface area (Å²) in [6.07, 6.45) is 3.30. The van der Waals surface area contributed by atoms with Crippen LogP contribution in [0.4, 0.5) is 4.39 Å². The van der Waals surface area contributed by atoms with Crippen molar-refractivity contribution in [2.45, 2.75) is 6.54 Å². The molecule has 140 valence electrons. The zero-order valence-electron chi connectivity index (χ0n) is 15.0. The summed E-state index contributed by atoms with van der Waals surface area (Å²) in [6.45, 7) is 4.47. The second kappa shape index (κ2) is 7.80. The average Bonchev–Trinajstić information content (AvgIpc) is 3.16. The van der Waals surface area contributed by atoms with Gasteiger partial charge in [-0.25, -0.2) is 4.39 Å². The van der Waals surface area contributed by atoms with Gasteiger partial charge in [-0.1, -0.05) is 12.1 Å². The van der Waals surface area contributed by atoms with Crippen molar-refractivity contribution >= 4 is 12.0 Å². The first-order chi connectivity index (χ1) is 13.2. The van der Waals surface area contributed by atoms with Crippen LogP contribution in [-0.4, -0.2) is 43.8 Å². The van der Waals surface area contributed by atoms with E-state index in [2.05, 4.69) is 6.07 Å². The average molecular weight is 369 g/mol. The van der Waals surface area contributed by atoms with Crippen LogP contribution in [0, 0.1) is 5.82 Å². The molecule has 0 aliphatic carbocycles. The molecule has 1 N–H and O–H groups in total. The topological polar surface area (TPSA) is 43.2 Å².